The average molecular weight is 1040 g/mol. The molecule has 26 atom stereocenters. The van der Waals surface area contributed by atoms with E-state index in [9.17, 15) is 86.2 Å². The summed E-state index contributed by atoms with van der Waals surface area (Å²) < 4.78 is 58.7. The monoisotopic (exact) mass is 1040 g/mol. The van der Waals surface area contributed by atoms with Crippen molar-refractivity contribution in [2.75, 3.05) is 39.6 Å². The van der Waals surface area contributed by atoms with Crippen LogP contribution < -0.4 is 5.32 Å². The van der Waals surface area contributed by atoms with E-state index >= 15 is 0 Å². The Morgan fingerprint density at radius 1 is 0.648 bits per heavy atom. The van der Waals surface area contributed by atoms with Crippen LogP contribution in [-0.2, 0) is 57.0 Å². The van der Waals surface area contributed by atoms with Crippen molar-refractivity contribution in [1.82, 2.24) is 5.32 Å². The van der Waals surface area contributed by atoms with Gasteiger partial charge in [-0.05, 0) is 6.42 Å². The Morgan fingerprint density at radius 2 is 1.23 bits per heavy atom. The van der Waals surface area contributed by atoms with E-state index in [2.05, 4.69) is 5.32 Å². The molecule has 9 unspecified atom stereocenters. The first-order valence-corrected chi connectivity index (χ1v) is 23.9. The number of nitrogens with one attached hydrogen (secondary N) is 1. The van der Waals surface area contributed by atoms with Gasteiger partial charge in [0.25, 0.3) is 5.79 Å². The van der Waals surface area contributed by atoms with Crippen LogP contribution in [-0.4, -0.2) is 275 Å². The number of aliphatic hydroxyl groups excluding tert-OH is 14. The number of carbonyl (C=O) groups is 2. The molecule has 1 amide bonds. The van der Waals surface area contributed by atoms with E-state index in [4.69, 9.17) is 47.4 Å². The zero-order valence-electron chi connectivity index (χ0n) is 39.8. The minimum Gasteiger partial charge on any atom is -0.477 e. The molecule has 5 aliphatic heterocycles. The molecule has 71 heavy (non-hydrogen) atoms. The van der Waals surface area contributed by atoms with E-state index in [1.54, 1.807) is 0 Å². The lowest BCUT2D eigenvalue weighted by Crippen LogP contribution is -2.70. The van der Waals surface area contributed by atoms with Crippen molar-refractivity contribution >= 4 is 11.9 Å². The van der Waals surface area contributed by atoms with Gasteiger partial charge in [-0.3, -0.25) is 4.79 Å². The molecular weight excluding hydrogens is 962 g/mol. The van der Waals surface area contributed by atoms with Crippen molar-refractivity contribution < 1.29 is 134 Å². The van der Waals surface area contributed by atoms with Gasteiger partial charge in [0.2, 0.25) is 5.91 Å². The largest absolute Gasteiger partial charge is 0.477 e. The van der Waals surface area contributed by atoms with Gasteiger partial charge in [-0.15, -0.1) is 0 Å². The zero-order valence-corrected chi connectivity index (χ0v) is 39.8. The van der Waals surface area contributed by atoms with E-state index in [0.29, 0.717) is 6.42 Å². The number of amides is 1. The van der Waals surface area contributed by atoms with E-state index in [0.717, 1.165) is 26.2 Å². The highest BCUT2D eigenvalue weighted by Gasteiger charge is 2.58. The van der Waals surface area contributed by atoms with Crippen LogP contribution in [0.3, 0.4) is 0 Å². The molecule has 0 saturated carbocycles. The van der Waals surface area contributed by atoms with E-state index in [1.165, 1.54) is 13.8 Å². The second kappa shape index (κ2) is 26.6. The van der Waals surface area contributed by atoms with Crippen LogP contribution in [0.25, 0.3) is 0 Å². The lowest BCUT2D eigenvalue weighted by Gasteiger charge is -2.51. The van der Waals surface area contributed by atoms with Gasteiger partial charge >= 0.3 is 5.97 Å². The Morgan fingerprint density at radius 3 is 1.83 bits per heavy atom. The summed E-state index contributed by atoms with van der Waals surface area (Å²) in [6.07, 6.45) is -36.5. The molecule has 0 aromatic carbocycles. The van der Waals surface area contributed by atoms with Crippen molar-refractivity contribution in [3.8, 4) is 0 Å². The molecule has 5 rings (SSSR count). The van der Waals surface area contributed by atoms with Crippen LogP contribution >= 0.6 is 0 Å². The van der Waals surface area contributed by atoms with Gasteiger partial charge in [0.05, 0.1) is 51.3 Å². The molecule has 16 N–H and O–H groups in total. The second-order valence-corrected chi connectivity index (χ2v) is 18.8. The van der Waals surface area contributed by atoms with Gasteiger partial charge in [-0.2, -0.15) is 0 Å². The first-order valence-electron chi connectivity index (χ1n) is 23.9. The molecule has 0 aromatic rings. The lowest BCUT2D eigenvalue weighted by molar-refractivity contribution is -0.381. The van der Waals surface area contributed by atoms with Crippen LogP contribution in [0, 0.1) is 11.8 Å². The lowest BCUT2D eigenvalue weighted by atomic mass is 9.84. The number of ether oxygens (including phenoxy) is 10. The highest BCUT2D eigenvalue weighted by atomic mass is 16.8. The molecule has 0 bridgehead atoms. The van der Waals surface area contributed by atoms with E-state index < -0.39 is 210 Å². The summed E-state index contributed by atoms with van der Waals surface area (Å²) in [5, 5.41) is 164. The van der Waals surface area contributed by atoms with Gasteiger partial charge in [-0.1, -0.05) is 40.0 Å². The van der Waals surface area contributed by atoms with Crippen LogP contribution in [0.4, 0.5) is 0 Å². The summed E-state index contributed by atoms with van der Waals surface area (Å²) in [7, 11) is 0. The van der Waals surface area contributed by atoms with Crippen LogP contribution in [0.5, 0.6) is 0 Å². The number of carboxylic acid groups (broad SMARTS) is 1. The van der Waals surface area contributed by atoms with Gasteiger partial charge < -0.3 is 129 Å². The Labute approximate surface area is 408 Å². The summed E-state index contributed by atoms with van der Waals surface area (Å²) >= 11 is 0. The standard InChI is InChI=1S/C43H75NO27/c1-5-6-7-8-9-62-40-33(59)37(29(55)22(13-47)65-40)70-39-25(44-18(4)49)36(30(56)24(67-39)15-63-43(42(60)61)10-19(50)16(2)34(71-43)27(53)20(51)11-45)69-41-32(58)31(57)35(23(14-48)66-41)68-38-17(3)26(52)28(54)21(12-46)64-38/h16-17,19-41,45-48,50-59H,5-15H2,1-4H3,(H,44,49)(H,60,61)/t16-,17?,19-,20-,21?,22?,23?,24?,25+,26-,27-,28+,29+,30-,31-,32?,33+,34?,35+,36-,37+,38+,39?,40?,41+,43-/m1/s1. The predicted molar refractivity (Wildman–Crippen MR) is 230 cm³/mol. The number of carboxylic acids is 1. The Balaban J connectivity index is 1.49. The molecule has 28 nitrogen and oxygen atoms in total. The smallest absolute Gasteiger partial charge is 0.364 e. The highest BCUT2D eigenvalue weighted by Crippen LogP contribution is 2.39. The van der Waals surface area contributed by atoms with Crippen molar-refractivity contribution in [3.63, 3.8) is 0 Å². The third-order valence-corrected chi connectivity index (χ3v) is 13.7. The molecule has 0 aromatic heterocycles. The molecule has 5 aliphatic rings. The minimum atomic E-state index is -2.86. The molecule has 5 saturated heterocycles. The van der Waals surface area contributed by atoms with E-state index in [-0.39, 0.29) is 6.61 Å². The number of carbonyl (C=O) groups excluding carboxylic acids is 1. The van der Waals surface area contributed by atoms with Crippen molar-refractivity contribution in [3.05, 3.63) is 0 Å². The van der Waals surface area contributed by atoms with E-state index in [1.807, 2.05) is 6.92 Å². The molecule has 414 valence electrons. The normalized spacial score (nSPS) is 45.2. The van der Waals surface area contributed by atoms with Gasteiger partial charge in [-0.25, -0.2) is 4.79 Å². The molecule has 28 heteroatoms. The number of hydrogen-bond acceptors (Lipinski definition) is 26. The quantitative estimate of drug-likeness (QED) is 0.0423. The summed E-state index contributed by atoms with van der Waals surface area (Å²) in [4.78, 5) is 25.9. The maximum Gasteiger partial charge on any atom is 0.364 e. The summed E-state index contributed by atoms with van der Waals surface area (Å²) in [6.45, 7) is 1.36. The first-order chi connectivity index (χ1) is 33.6. The fourth-order valence-corrected chi connectivity index (χ4v) is 9.25. The van der Waals surface area contributed by atoms with Gasteiger partial charge in [0.15, 0.2) is 25.2 Å². The molecule has 5 fully saturated rings. The third kappa shape index (κ3) is 13.7. The number of aliphatic hydroxyl groups is 14. The fraction of sp³-hybridized carbons (Fsp3) is 0.953. The maximum atomic E-state index is 13.0. The van der Waals surface area contributed by atoms with Crippen LogP contribution in [0.15, 0.2) is 0 Å². The number of hydrogen-bond donors (Lipinski definition) is 16. The fourth-order valence-electron chi connectivity index (χ4n) is 9.25. The molecule has 0 aliphatic carbocycles. The van der Waals surface area contributed by atoms with Gasteiger partial charge in [0, 0.05) is 31.8 Å². The van der Waals surface area contributed by atoms with Crippen LogP contribution in [0.1, 0.15) is 59.8 Å². The second-order valence-electron chi connectivity index (χ2n) is 18.8. The van der Waals surface area contributed by atoms with Crippen molar-refractivity contribution in [1.29, 1.82) is 0 Å². The molecular formula is C43H75NO27. The van der Waals surface area contributed by atoms with Gasteiger partial charge in [0.1, 0.15) is 97.6 Å². The van der Waals surface area contributed by atoms with Crippen molar-refractivity contribution in [2.45, 2.75) is 207 Å². The Kier molecular flexibility index (Phi) is 22.5. The van der Waals surface area contributed by atoms with Crippen LogP contribution in [0.2, 0.25) is 0 Å². The minimum absolute atomic E-state index is 0.0770. The third-order valence-electron chi connectivity index (χ3n) is 13.7. The number of unbranched alkanes of at least 4 members (excludes halogenated alkanes) is 3. The average Bonchev–Trinajstić information content (AvgIpc) is 3.34. The maximum absolute atomic E-state index is 13.0. The SMILES string of the molecule is CCCCCCOC1OC(CO)[C@H](O)[C@H](OC2OC(CO[C@]3(C(=O)O)C[C@@H](O)[C@@H](C)C([C@H](O)[C@H](O)CO)O3)[C@@H](O)[C@H](O[C@@H]3OC(CO)[C@H](O[C@@H]4OC(CO)[C@H](O)[C@H](O)C4C)[C@H](O)C3O)[C@@H]2NC(C)=O)[C@@H]1O. The number of rotatable bonds is 23. The summed E-state index contributed by atoms with van der Waals surface area (Å²) in [5.74, 6) is -7.61. The Hall–Kier alpha value is -2.02. The zero-order chi connectivity index (χ0) is 52.6. The first kappa shape index (κ1) is 59.9. The highest BCUT2D eigenvalue weighted by molar-refractivity contribution is 5.76. The number of aliphatic carboxylic acids is 1. The summed E-state index contributed by atoms with van der Waals surface area (Å²) in [6, 6.07) is -1.77. The molecule has 0 radical (unpaired) electrons. The molecule has 0 spiro atoms. The molecule has 5 heterocycles. The Bertz CT molecular complexity index is 1640. The topological polar surface area (TPSA) is 442 Å². The summed E-state index contributed by atoms with van der Waals surface area (Å²) in [5.41, 5.74) is 0. The van der Waals surface area contributed by atoms with Crippen molar-refractivity contribution in [2.24, 2.45) is 11.8 Å². The predicted octanol–water partition coefficient (Wildman–Crippen LogP) is -7.42.